The van der Waals surface area contributed by atoms with Crippen LogP contribution in [-0.4, -0.2) is 11.6 Å². The molecular weight excluding hydrogens is 269 g/mol. The van der Waals surface area contributed by atoms with Crippen molar-refractivity contribution in [1.29, 1.82) is 0 Å². The molecule has 0 saturated carbocycles. The second-order valence-electron chi connectivity index (χ2n) is 4.42. The molecule has 1 aromatic rings. The molecule has 4 heteroatoms. The van der Waals surface area contributed by atoms with Crippen LogP contribution in [0.4, 0.5) is 0 Å². The first-order chi connectivity index (χ1) is 8.74. The molecule has 0 amide bonds. The van der Waals surface area contributed by atoms with Crippen LogP contribution in [0.2, 0.25) is 10.2 Å². The van der Waals surface area contributed by atoms with Crippen molar-refractivity contribution in [3.8, 4) is 0 Å². The molecule has 1 heterocycles. The van der Waals surface area contributed by atoms with Crippen molar-refractivity contribution in [2.45, 2.75) is 52.1 Å². The van der Waals surface area contributed by atoms with E-state index in [-0.39, 0.29) is 0 Å². The first-order valence-electron chi connectivity index (χ1n) is 6.61. The maximum atomic E-state index is 6.02. The number of hydrogen-bond donors (Lipinski definition) is 0. The van der Waals surface area contributed by atoms with Gasteiger partial charge in [-0.2, -0.15) is 0 Å². The van der Waals surface area contributed by atoms with Gasteiger partial charge < -0.3 is 4.74 Å². The molecule has 18 heavy (non-hydrogen) atoms. The highest BCUT2D eigenvalue weighted by Gasteiger charge is 2.02. The van der Waals surface area contributed by atoms with Crippen LogP contribution in [0, 0.1) is 0 Å². The Labute approximate surface area is 120 Å². The smallest absolute Gasteiger partial charge is 0.130 e. The summed E-state index contributed by atoms with van der Waals surface area (Å²) < 4.78 is 5.58. The molecule has 0 aliphatic carbocycles. The van der Waals surface area contributed by atoms with Crippen LogP contribution >= 0.6 is 23.2 Å². The fourth-order valence-corrected chi connectivity index (χ4v) is 2.13. The van der Waals surface area contributed by atoms with Gasteiger partial charge in [0.1, 0.15) is 5.15 Å². The Morgan fingerprint density at radius 3 is 2.56 bits per heavy atom. The zero-order valence-corrected chi connectivity index (χ0v) is 12.4. The van der Waals surface area contributed by atoms with Crippen molar-refractivity contribution in [1.82, 2.24) is 4.98 Å². The second-order valence-corrected chi connectivity index (χ2v) is 5.21. The van der Waals surface area contributed by atoms with E-state index in [9.17, 15) is 0 Å². The van der Waals surface area contributed by atoms with Gasteiger partial charge in [-0.05, 0) is 12.5 Å². The highest BCUT2D eigenvalue weighted by molar-refractivity contribution is 6.34. The minimum atomic E-state index is 0.416. The van der Waals surface area contributed by atoms with Crippen LogP contribution in [0.1, 0.15) is 51.0 Å². The van der Waals surface area contributed by atoms with Crippen LogP contribution in [0.25, 0.3) is 0 Å². The molecular formula is C14H21Cl2NO. The van der Waals surface area contributed by atoms with Gasteiger partial charge in [0.2, 0.25) is 0 Å². The zero-order chi connectivity index (χ0) is 13.2. The van der Waals surface area contributed by atoms with E-state index in [0.29, 0.717) is 16.8 Å². The van der Waals surface area contributed by atoms with Crippen LogP contribution < -0.4 is 0 Å². The van der Waals surface area contributed by atoms with Gasteiger partial charge in [-0.25, -0.2) is 4.98 Å². The summed E-state index contributed by atoms with van der Waals surface area (Å²) in [6.45, 7) is 3.52. The van der Waals surface area contributed by atoms with Crippen molar-refractivity contribution in [3.05, 3.63) is 28.0 Å². The van der Waals surface area contributed by atoms with E-state index in [4.69, 9.17) is 27.9 Å². The molecule has 2 nitrogen and oxygen atoms in total. The van der Waals surface area contributed by atoms with Crippen LogP contribution in [0.15, 0.2) is 12.3 Å². The Morgan fingerprint density at radius 2 is 1.83 bits per heavy atom. The fraction of sp³-hybridized carbons (Fsp3) is 0.643. The normalized spacial score (nSPS) is 10.8. The highest BCUT2D eigenvalue weighted by atomic mass is 35.5. The zero-order valence-electron chi connectivity index (χ0n) is 10.9. The van der Waals surface area contributed by atoms with Crippen molar-refractivity contribution in [2.24, 2.45) is 0 Å². The van der Waals surface area contributed by atoms with E-state index >= 15 is 0 Å². The van der Waals surface area contributed by atoms with Gasteiger partial charge in [-0.1, -0.05) is 62.2 Å². The van der Waals surface area contributed by atoms with Crippen LogP contribution in [-0.2, 0) is 11.3 Å². The predicted octanol–water partition coefficient (Wildman–Crippen LogP) is 5.27. The van der Waals surface area contributed by atoms with Gasteiger partial charge in [-0.15, -0.1) is 0 Å². The predicted molar refractivity (Wildman–Crippen MR) is 77.3 cm³/mol. The summed E-state index contributed by atoms with van der Waals surface area (Å²) in [6.07, 6.45) is 9.30. The first kappa shape index (κ1) is 15.7. The Kier molecular flexibility index (Phi) is 8.40. The van der Waals surface area contributed by atoms with Gasteiger partial charge in [0.05, 0.1) is 11.6 Å². The second kappa shape index (κ2) is 9.60. The molecule has 1 aromatic heterocycles. The maximum Gasteiger partial charge on any atom is 0.130 e. The number of aromatic nitrogens is 1. The molecule has 0 atom stereocenters. The molecule has 102 valence electrons. The Hall–Kier alpha value is -0.310. The van der Waals surface area contributed by atoms with Gasteiger partial charge in [0, 0.05) is 18.4 Å². The molecule has 0 unspecified atom stereocenters. The van der Waals surface area contributed by atoms with Crippen molar-refractivity contribution in [2.75, 3.05) is 6.61 Å². The number of hydrogen-bond acceptors (Lipinski definition) is 2. The lowest BCUT2D eigenvalue weighted by molar-refractivity contribution is 0.116. The average molecular weight is 290 g/mol. The monoisotopic (exact) mass is 289 g/mol. The van der Waals surface area contributed by atoms with Gasteiger partial charge in [0.25, 0.3) is 0 Å². The molecule has 0 aliphatic rings. The Bertz CT molecular complexity index is 345. The highest BCUT2D eigenvalue weighted by Crippen LogP contribution is 2.19. The quantitative estimate of drug-likeness (QED) is 0.457. The molecule has 0 fully saturated rings. The standard InChI is InChI=1S/C14H21Cl2NO/c1-2-3-4-5-6-7-8-18-11-12-10-17-14(16)9-13(12)15/h9-10H,2-8,11H2,1H3. The number of nitrogens with zero attached hydrogens (tertiary/aromatic N) is 1. The Morgan fingerprint density at radius 1 is 1.11 bits per heavy atom. The van der Waals surface area contributed by atoms with Crippen molar-refractivity contribution < 1.29 is 4.74 Å². The lowest BCUT2D eigenvalue weighted by Crippen LogP contribution is -1.97. The summed E-state index contributed by atoms with van der Waals surface area (Å²) in [5.74, 6) is 0. The summed E-state index contributed by atoms with van der Waals surface area (Å²) in [6, 6.07) is 1.65. The molecule has 0 bridgehead atoms. The van der Waals surface area contributed by atoms with Crippen molar-refractivity contribution >= 4 is 23.2 Å². The van der Waals surface area contributed by atoms with Gasteiger partial charge >= 0.3 is 0 Å². The van der Waals surface area contributed by atoms with E-state index < -0.39 is 0 Å². The fourth-order valence-electron chi connectivity index (χ4n) is 1.71. The summed E-state index contributed by atoms with van der Waals surface area (Å²) in [7, 11) is 0. The first-order valence-corrected chi connectivity index (χ1v) is 7.37. The summed E-state index contributed by atoms with van der Waals surface area (Å²) in [5.41, 5.74) is 0.895. The molecule has 1 rings (SSSR count). The molecule has 0 aromatic carbocycles. The minimum Gasteiger partial charge on any atom is -0.377 e. The molecule has 0 saturated heterocycles. The van der Waals surface area contributed by atoms with Crippen LogP contribution in [0.5, 0.6) is 0 Å². The van der Waals surface area contributed by atoms with Crippen molar-refractivity contribution in [3.63, 3.8) is 0 Å². The van der Waals surface area contributed by atoms with Gasteiger partial charge in [-0.3, -0.25) is 0 Å². The summed E-state index contributed by atoms with van der Waals surface area (Å²) >= 11 is 11.7. The summed E-state index contributed by atoms with van der Waals surface area (Å²) in [5, 5.41) is 1.04. The molecule has 0 spiro atoms. The average Bonchev–Trinajstić information content (AvgIpc) is 2.35. The number of ether oxygens (including phenoxy) is 1. The van der Waals surface area contributed by atoms with E-state index in [2.05, 4.69) is 11.9 Å². The third kappa shape index (κ3) is 6.58. The van der Waals surface area contributed by atoms with E-state index in [1.807, 2.05) is 0 Å². The van der Waals surface area contributed by atoms with E-state index in [1.54, 1.807) is 12.3 Å². The molecule has 0 radical (unpaired) electrons. The number of unbranched alkanes of at least 4 members (excludes halogenated alkanes) is 5. The van der Waals surface area contributed by atoms with E-state index in [0.717, 1.165) is 18.6 Å². The number of pyridine rings is 1. The minimum absolute atomic E-state index is 0.416. The largest absolute Gasteiger partial charge is 0.377 e. The van der Waals surface area contributed by atoms with Gasteiger partial charge in [0.15, 0.2) is 0 Å². The third-order valence-electron chi connectivity index (χ3n) is 2.80. The SMILES string of the molecule is CCCCCCCCOCc1cnc(Cl)cc1Cl. The molecule has 0 aliphatic heterocycles. The van der Waals surface area contributed by atoms with Crippen LogP contribution in [0.3, 0.4) is 0 Å². The maximum absolute atomic E-state index is 6.02. The lowest BCUT2D eigenvalue weighted by atomic mass is 10.1. The Balaban J connectivity index is 2.07. The number of rotatable bonds is 9. The van der Waals surface area contributed by atoms with E-state index in [1.165, 1.54) is 32.1 Å². The topological polar surface area (TPSA) is 22.1 Å². The number of halogens is 2. The summed E-state index contributed by atoms with van der Waals surface area (Å²) in [4.78, 5) is 3.99. The molecule has 0 N–H and O–H groups in total. The third-order valence-corrected chi connectivity index (χ3v) is 3.35. The lowest BCUT2D eigenvalue weighted by Gasteiger charge is -2.06.